The summed E-state index contributed by atoms with van der Waals surface area (Å²) in [5.74, 6) is -0.228. The summed E-state index contributed by atoms with van der Waals surface area (Å²) in [6.07, 6.45) is 0.897. The van der Waals surface area contributed by atoms with Crippen LogP contribution in [0.4, 0.5) is 4.39 Å². The van der Waals surface area contributed by atoms with Crippen molar-refractivity contribution in [3.05, 3.63) is 71.2 Å². The minimum Gasteiger partial charge on any atom is -0.362 e. The molecule has 1 heterocycles. The van der Waals surface area contributed by atoms with Crippen LogP contribution >= 0.6 is 12.2 Å². The maximum absolute atomic E-state index is 12.9. The average Bonchev–Trinajstić information content (AvgIpc) is 2.90. The third-order valence-electron chi connectivity index (χ3n) is 4.05. The minimum atomic E-state index is -0.228. The highest BCUT2D eigenvalue weighted by Gasteiger charge is 2.07. The van der Waals surface area contributed by atoms with Crippen LogP contribution < -0.4 is 10.6 Å². The summed E-state index contributed by atoms with van der Waals surface area (Å²) in [7, 11) is 0. The van der Waals surface area contributed by atoms with E-state index in [1.165, 1.54) is 34.3 Å². The van der Waals surface area contributed by atoms with Gasteiger partial charge in [-0.3, -0.25) is 0 Å². The Kier molecular flexibility index (Phi) is 5.11. The lowest BCUT2D eigenvalue weighted by Crippen LogP contribution is -2.35. The zero-order valence-electron chi connectivity index (χ0n) is 13.5. The number of hydrogen-bond donors (Lipinski definition) is 3. The molecule has 0 aliphatic heterocycles. The summed E-state index contributed by atoms with van der Waals surface area (Å²) in [5.41, 5.74) is 4.68. The fraction of sp³-hybridized carbons (Fsp3) is 0.211. The number of aromatic amines is 1. The quantitative estimate of drug-likeness (QED) is 0.618. The van der Waals surface area contributed by atoms with E-state index in [0.717, 1.165) is 18.5 Å². The number of fused-ring (bicyclic) bond motifs is 1. The van der Waals surface area contributed by atoms with Crippen LogP contribution in [0.3, 0.4) is 0 Å². The Labute approximate surface area is 146 Å². The molecule has 0 saturated heterocycles. The molecule has 3 aromatic rings. The van der Waals surface area contributed by atoms with E-state index in [9.17, 15) is 4.39 Å². The molecule has 0 saturated carbocycles. The minimum absolute atomic E-state index is 0.228. The van der Waals surface area contributed by atoms with Gasteiger partial charge in [0, 0.05) is 29.7 Å². The highest BCUT2D eigenvalue weighted by Crippen LogP contribution is 2.21. The summed E-state index contributed by atoms with van der Waals surface area (Å²) in [5, 5.41) is 8.24. The normalized spacial score (nSPS) is 10.8. The SMILES string of the molecule is Cc1[nH]c2ccccc2c1CCNC(=S)NCc1ccc(F)cc1. The predicted octanol–water partition coefficient (Wildman–Crippen LogP) is 3.82. The van der Waals surface area contributed by atoms with Crippen LogP contribution in [-0.4, -0.2) is 16.6 Å². The van der Waals surface area contributed by atoms with E-state index >= 15 is 0 Å². The Hall–Kier alpha value is -2.40. The molecule has 0 aliphatic carbocycles. The molecule has 2 aromatic carbocycles. The third-order valence-corrected chi connectivity index (χ3v) is 4.34. The highest BCUT2D eigenvalue weighted by atomic mass is 32.1. The van der Waals surface area contributed by atoms with Crippen LogP contribution in [0.15, 0.2) is 48.5 Å². The smallest absolute Gasteiger partial charge is 0.166 e. The van der Waals surface area contributed by atoms with Gasteiger partial charge in [-0.1, -0.05) is 30.3 Å². The molecule has 3 N–H and O–H groups in total. The summed E-state index contributed by atoms with van der Waals surface area (Å²) in [6, 6.07) is 14.7. The van der Waals surface area contributed by atoms with Crippen molar-refractivity contribution in [3.8, 4) is 0 Å². The first-order chi connectivity index (χ1) is 11.6. The Morgan fingerprint density at radius 2 is 1.83 bits per heavy atom. The van der Waals surface area contributed by atoms with Crippen LogP contribution in [0.2, 0.25) is 0 Å². The van der Waals surface area contributed by atoms with Gasteiger partial charge in [0.2, 0.25) is 0 Å². The van der Waals surface area contributed by atoms with Crippen molar-refractivity contribution in [1.29, 1.82) is 0 Å². The standard InChI is InChI=1S/C19H20FN3S/c1-13-16(17-4-2-3-5-18(17)23-13)10-11-21-19(24)22-12-14-6-8-15(20)9-7-14/h2-9,23H,10-12H2,1H3,(H2,21,22,24). The van der Waals surface area contributed by atoms with Crippen molar-refractivity contribution in [3.63, 3.8) is 0 Å². The first kappa shape index (κ1) is 16.5. The van der Waals surface area contributed by atoms with Gasteiger partial charge in [-0.15, -0.1) is 0 Å². The molecule has 0 aliphatic rings. The van der Waals surface area contributed by atoms with E-state index in [-0.39, 0.29) is 5.82 Å². The molecular formula is C19H20FN3S. The van der Waals surface area contributed by atoms with E-state index in [4.69, 9.17) is 12.2 Å². The van der Waals surface area contributed by atoms with Crippen molar-refractivity contribution < 1.29 is 4.39 Å². The lowest BCUT2D eigenvalue weighted by molar-refractivity contribution is 0.626. The molecule has 0 bridgehead atoms. The molecule has 0 radical (unpaired) electrons. The van der Waals surface area contributed by atoms with Gasteiger partial charge in [-0.2, -0.15) is 0 Å². The van der Waals surface area contributed by atoms with Crippen LogP contribution in [0.1, 0.15) is 16.8 Å². The highest BCUT2D eigenvalue weighted by molar-refractivity contribution is 7.80. The van der Waals surface area contributed by atoms with Crippen molar-refractivity contribution in [1.82, 2.24) is 15.6 Å². The summed E-state index contributed by atoms with van der Waals surface area (Å²) in [6.45, 7) is 3.44. The van der Waals surface area contributed by atoms with Crippen molar-refractivity contribution in [2.24, 2.45) is 0 Å². The predicted molar refractivity (Wildman–Crippen MR) is 101 cm³/mol. The molecular weight excluding hydrogens is 321 g/mol. The van der Waals surface area contributed by atoms with E-state index in [0.29, 0.717) is 11.7 Å². The fourth-order valence-corrected chi connectivity index (χ4v) is 2.98. The lowest BCUT2D eigenvalue weighted by atomic mass is 10.1. The van der Waals surface area contributed by atoms with Gasteiger partial charge in [0.1, 0.15) is 5.82 Å². The molecule has 5 heteroatoms. The molecule has 3 rings (SSSR count). The van der Waals surface area contributed by atoms with Gasteiger partial charge in [0.25, 0.3) is 0 Å². The number of H-pyrrole nitrogens is 1. The Morgan fingerprint density at radius 1 is 1.08 bits per heavy atom. The van der Waals surface area contributed by atoms with Gasteiger partial charge < -0.3 is 15.6 Å². The van der Waals surface area contributed by atoms with E-state index in [1.807, 2.05) is 6.07 Å². The second-order valence-electron chi connectivity index (χ2n) is 5.76. The number of para-hydroxylation sites is 1. The number of nitrogens with one attached hydrogen (secondary N) is 3. The van der Waals surface area contributed by atoms with Gasteiger partial charge in [-0.05, 0) is 54.9 Å². The molecule has 3 nitrogen and oxygen atoms in total. The number of aryl methyl sites for hydroxylation is 1. The maximum atomic E-state index is 12.9. The van der Waals surface area contributed by atoms with E-state index in [2.05, 4.69) is 40.7 Å². The number of halogens is 1. The Morgan fingerprint density at radius 3 is 2.62 bits per heavy atom. The lowest BCUT2D eigenvalue weighted by Gasteiger charge is -2.11. The zero-order chi connectivity index (χ0) is 16.9. The number of aromatic nitrogens is 1. The van der Waals surface area contributed by atoms with Crippen molar-refractivity contribution >= 4 is 28.2 Å². The Balaban J connectivity index is 1.49. The van der Waals surface area contributed by atoms with Crippen LogP contribution in [-0.2, 0) is 13.0 Å². The molecule has 0 atom stereocenters. The van der Waals surface area contributed by atoms with E-state index < -0.39 is 0 Å². The van der Waals surface area contributed by atoms with Gasteiger partial charge in [0.15, 0.2) is 5.11 Å². The number of thiocarbonyl (C=S) groups is 1. The Bertz CT molecular complexity index is 839. The van der Waals surface area contributed by atoms with Crippen molar-refractivity contribution in [2.75, 3.05) is 6.54 Å². The molecule has 24 heavy (non-hydrogen) atoms. The molecule has 0 spiro atoms. The molecule has 1 aromatic heterocycles. The monoisotopic (exact) mass is 341 g/mol. The van der Waals surface area contributed by atoms with Crippen LogP contribution in [0, 0.1) is 12.7 Å². The molecule has 0 fully saturated rings. The molecule has 0 amide bonds. The second-order valence-corrected chi connectivity index (χ2v) is 6.17. The maximum Gasteiger partial charge on any atom is 0.166 e. The zero-order valence-corrected chi connectivity index (χ0v) is 14.3. The van der Waals surface area contributed by atoms with Crippen molar-refractivity contribution in [2.45, 2.75) is 19.9 Å². The largest absolute Gasteiger partial charge is 0.362 e. The van der Waals surface area contributed by atoms with Gasteiger partial charge >= 0.3 is 0 Å². The molecule has 0 unspecified atom stereocenters. The first-order valence-electron chi connectivity index (χ1n) is 7.96. The number of rotatable bonds is 5. The first-order valence-corrected chi connectivity index (χ1v) is 8.36. The average molecular weight is 341 g/mol. The summed E-state index contributed by atoms with van der Waals surface area (Å²) >= 11 is 5.30. The number of hydrogen-bond acceptors (Lipinski definition) is 1. The van der Waals surface area contributed by atoms with Crippen LogP contribution in [0.25, 0.3) is 10.9 Å². The summed E-state index contributed by atoms with van der Waals surface area (Å²) in [4.78, 5) is 3.41. The van der Waals surface area contributed by atoms with Gasteiger partial charge in [0.05, 0.1) is 0 Å². The van der Waals surface area contributed by atoms with E-state index in [1.54, 1.807) is 12.1 Å². The second kappa shape index (κ2) is 7.45. The summed E-state index contributed by atoms with van der Waals surface area (Å²) < 4.78 is 12.9. The van der Waals surface area contributed by atoms with Crippen LogP contribution in [0.5, 0.6) is 0 Å². The fourth-order valence-electron chi connectivity index (χ4n) is 2.81. The topological polar surface area (TPSA) is 39.9 Å². The molecule has 124 valence electrons. The number of benzene rings is 2. The van der Waals surface area contributed by atoms with Gasteiger partial charge in [-0.25, -0.2) is 4.39 Å². The third kappa shape index (κ3) is 3.92.